The first kappa shape index (κ1) is 18.2. The maximum atomic E-state index is 13.0. The fourth-order valence-electron chi connectivity index (χ4n) is 3.93. The second-order valence-electron chi connectivity index (χ2n) is 7.35. The van der Waals surface area contributed by atoms with E-state index >= 15 is 0 Å². The molecule has 1 amide bonds. The molecule has 1 fully saturated rings. The van der Waals surface area contributed by atoms with Crippen molar-refractivity contribution in [3.8, 4) is 0 Å². The van der Waals surface area contributed by atoms with E-state index in [1.165, 1.54) is 41.0 Å². The number of rotatable bonds is 4. The molecule has 2 aromatic rings. The molecule has 1 atom stereocenters. The third kappa shape index (κ3) is 4.08. The highest BCUT2D eigenvalue weighted by Gasteiger charge is 2.32. The predicted molar refractivity (Wildman–Crippen MR) is 106 cm³/mol. The Labute approximate surface area is 164 Å². The summed E-state index contributed by atoms with van der Waals surface area (Å²) < 4.78 is 5.79. The van der Waals surface area contributed by atoms with Crippen LogP contribution < -0.4 is 0 Å². The van der Waals surface area contributed by atoms with Crippen molar-refractivity contribution < 1.29 is 14.3 Å². The Balaban J connectivity index is 1.55. The molecule has 4 rings (SSSR count). The normalized spacial score (nSPS) is 17.9. The van der Waals surface area contributed by atoms with Gasteiger partial charge in [0.2, 0.25) is 6.10 Å². The summed E-state index contributed by atoms with van der Waals surface area (Å²) in [5, 5.41) is 0. The molecule has 4 nitrogen and oxygen atoms in total. The van der Waals surface area contributed by atoms with Gasteiger partial charge in [-0.2, -0.15) is 0 Å². The number of benzene rings is 1. The minimum absolute atomic E-state index is 0.106. The Bertz CT molecular complexity index is 785. The Morgan fingerprint density at radius 1 is 0.963 bits per heavy atom. The molecule has 27 heavy (non-hydrogen) atoms. The van der Waals surface area contributed by atoms with Gasteiger partial charge in [-0.15, -0.1) is 11.3 Å². The molecule has 0 unspecified atom stereocenters. The minimum Gasteiger partial charge on any atom is -0.443 e. The summed E-state index contributed by atoms with van der Waals surface area (Å²) in [5.41, 5.74) is 2.02. The molecule has 142 valence electrons. The van der Waals surface area contributed by atoms with Gasteiger partial charge in [-0.3, -0.25) is 4.79 Å². The molecule has 2 heterocycles. The Morgan fingerprint density at radius 2 is 1.70 bits per heavy atom. The second-order valence-corrected chi connectivity index (χ2v) is 8.48. The fraction of sp³-hybridized carbons (Fsp3) is 0.455. The summed E-state index contributed by atoms with van der Waals surface area (Å²) in [6.45, 7) is 1.49. The lowest BCUT2D eigenvalue weighted by Crippen LogP contribution is -2.34. The summed E-state index contributed by atoms with van der Waals surface area (Å²) in [6, 6.07) is 11.3. The van der Waals surface area contributed by atoms with E-state index in [1.807, 2.05) is 41.3 Å². The summed E-state index contributed by atoms with van der Waals surface area (Å²) in [7, 11) is 0. The van der Waals surface area contributed by atoms with Gasteiger partial charge in [0.15, 0.2) is 0 Å². The number of esters is 1. The van der Waals surface area contributed by atoms with Crippen LogP contribution in [0.1, 0.15) is 63.9 Å². The van der Waals surface area contributed by atoms with Gasteiger partial charge in [0.1, 0.15) is 4.88 Å². The molecule has 1 saturated heterocycles. The van der Waals surface area contributed by atoms with E-state index < -0.39 is 6.10 Å². The van der Waals surface area contributed by atoms with Crippen molar-refractivity contribution >= 4 is 23.2 Å². The molecule has 1 aliphatic heterocycles. The quantitative estimate of drug-likeness (QED) is 0.575. The first-order valence-electron chi connectivity index (χ1n) is 9.88. The fourth-order valence-corrected chi connectivity index (χ4v) is 5.06. The van der Waals surface area contributed by atoms with Gasteiger partial charge < -0.3 is 9.64 Å². The summed E-state index contributed by atoms with van der Waals surface area (Å²) >= 11 is 1.54. The Kier molecular flexibility index (Phi) is 5.58. The van der Waals surface area contributed by atoms with Gasteiger partial charge in [0.25, 0.3) is 5.91 Å². The van der Waals surface area contributed by atoms with E-state index in [2.05, 4.69) is 0 Å². The molecule has 0 bridgehead atoms. The molecule has 2 aliphatic rings. The van der Waals surface area contributed by atoms with Crippen LogP contribution in [0.3, 0.4) is 0 Å². The zero-order valence-electron chi connectivity index (χ0n) is 15.5. The maximum absolute atomic E-state index is 13.0. The van der Waals surface area contributed by atoms with Crippen LogP contribution in [0.5, 0.6) is 0 Å². The van der Waals surface area contributed by atoms with E-state index in [0.717, 1.165) is 44.3 Å². The van der Waals surface area contributed by atoms with E-state index in [1.54, 1.807) is 0 Å². The lowest BCUT2D eigenvalue weighted by molar-refractivity contribution is -0.140. The van der Waals surface area contributed by atoms with E-state index in [-0.39, 0.29) is 11.9 Å². The first-order chi connectivity index (χ1) is 13.2. The van der Waals surface area contributed by atoms with Crippen molar-refractivity contribution in [3.63, 3.8) is 0 Å². The first-order valence-corrected chi connectivity index (χ1v) is 10.7. The topological polar surface area (TPSA) is 46.6 Å². The molecule has 1 aromatic carbocycles. The lowest BCUT2D eigenvalue weighted by Gasteiger charge is -2.23. The number of ether oxygens (including phenoxy) is 1. The number of carbonyl (C=O) groups is 2. The molecule has 1 aromatic heterocycles. The van der Waals surface area contributed by atoms with Crippen molar-refractivity contribution in [2.24, 2.45) is 0 Å². The molecular weight excluding hydrogens is 358 g/mol. The van der Waals surface area contributed by atoms with Crippen LogP contribution in [0.15, 0.2) is 36.4 Å². The third-order valence-corrected chi connectivity index (χ3v) is 6.63. The molecule has 0 saturated carbocycles. The van der Waals surface area contributed by atoms with Crippen LogP contribution in [0, 0.1) is 0 Å². The van der Waals surface area contributed by atoms with E-state index in [4.69, 9.17) is 4.74 Å². The van der Waals surface area contributed by atoms with Crippen molar-refractivity contribution in [3.05, 3.63) is 57.3 Å². The number of fused-ring (bicyclic) bond motifs is 1. The maximum Gasteiger partial charge on any atom is 0.349 e. The number of hydrogen-bond acceptors (Lipinski definition) is 4. The zero-order valence-corrected chi connectivity index (χ0v) is 16.3. The summed E-state index contributed by atoms with van der Waals surface area (Å²) in [4.78, 5) is 29.6. The zero-order chi connectivity index (χ0) is 18.6. The average Bonchev–Trinajstić information content (AvgIpc) is 3.32. The van der Waals surface area contributed by atoms with Crippen LogP contribution in [0.25, 0.3) is 0 Å². The lowest BCUT2D eigenvalue weighted by atomic mass is 10.1. The van der Waals surface area contributed by atoms with Gasteiger partial charge in [-0.25, -0.2) is 4.79 Å². The smallest absolute Gasteiger partial charge is 0.349 e. The molecule has 0 radical (unpaired) electrons. The van der Waals surface area contributed by atoms with Crippen LogP contribution in [-0.4, -0.2) is 29.9 Å². The Hall–Kier alpha value is -2.14. The van der Waals surface area contributed by atoms with Gasteiger partial charge in [-0.1, -0.05) is 36.8 Å². The number of aryl methyl sites for hydroxylation is 2. The predicted octanol–water partition coefficient (Wildman–Crippen LogP) is 4.54. The third-order valence-electron chi connectivity index (χ3n) is 5.42. The number of nitrogens with zero attached hydrogens (tertiary/aromatic N) is 1. The summed E-state index contributed by atoms with van der Waals surface area (Å²) in [6.07, 6.45) is 6.86. The van der Waals surface area contributed by atoms with Crippen molar-refractivity contribution in [1.82, 2.24) is 4.90 Å². The molecule has 0 spiro atoms. The van der Waals surface area contributed by atoms with Gasteiger partial charge in [0.05, 0.1) is 0 Å². The number of hydrogen-bond donors (Lipinski definition) is 0. The highest BCUT2D eigenvalue weighted by Crippen LogP contribution is 2.31. The highest BCUT2D eigenvalue weighted by molar-refractivity contribution is 7.14. The number of likely N-dealkylation sites (tertiary alicyclic amines) is 1. The highest BCUT2D eigenvalue weighted by atomic mass is 32.1. The van der Waals surface area contributed by atoms with Gasteiger partial charge in [0, 0.05) is 23.5 Å². The molecule has 0 N–H and O–H groups in total. The average molecular weight is 384 g/mol. The van der Waals surface area contributed by atoms with E-state index in [9.17, 15) is 9.59 Å². The number of carbonyl (C=O) groups excluding carboxylic acids is 2. The van der Waals surface area contributed by atoms with Crippen LogP contribution in [0.2, 0.25) is 0 Å². The van der Waals surface area contributed by atoms with Crippen molar-refractivity contribution in [1.29, 1.82) is 0 Å². The van der Waals surface area contributed by atoms with E-state index in [0.29, 0.717) is 4.88 Å². The molecule has 5 heteroatoms. The van der Waals surface area contributed by atoms with Crippen molar-refractivity contribution in [2.45, 2.75) is 51.0 Å². The van der Waals surface area contributed by atoms with Crippen LogP contribution in [0.4, 0.5) is 0 Å². The van der Waals surface area contributed by atoms with Crippen LogP contribution >= 0.6 is 11.3 Å². The SMILES string of the molecule is O=C(O[C@H](C(=O)N1CCCC1)c1ccccc1)c1cc2c(s1)CCCCC2. The largest absolute Gasteiger partial charge is 0.443 e. The second kappa shape index (κ2) is 8.26. The monoisotopic (exact) mass is 383 g/mol. The molecular formula is C22H25NO3S. The minimum atomic E-state index is -0.862. The van der Waals surface area contributed by atoms with Gasteiger partial charge in [-0.05, 0) is 50.2 Å². The Morgan fingerprint density at radius 3 is 2.48 bits per heavy atom. The standard InChI is InChI=1S/C22H25NO3S/c24-21(23-13-7-8-14-23)20(16-9-3-1-4-10-16)26-22(25)19-15-17-11-5-2-6-12-18(17)27-19/h1,3-4,9-10,15,20H,2,5-8,11-14H2/t20-/m0/s1. The van der Waals surface area contributed by atoms with Crippen LogP contribution in [-0.2, 0) is 22.4 Å². The van der Waals surface area contributed by atoms with Gasteiger partial charge >= 0.3 is 5.97 Å². The molecule has 1 aliphatic carbocycles. The summed E-state index contributed by atoms with van der Waals surface area (Å²) in [5.74, 6) is -0.486. The van der Waals surface area contributed by atoms with Crippen molar-refractivity contribution in [2.75, 3.05) is 13.1 Å². The number of amides is 1. The number of thiophene rings is 1.